The van der Waals surface area contributed by atoms with E-state index in [9.17, 15) is 0 Å². The SMILES string of the molecule is Sc1ccc(Br)cc1CCCCl. The quantitative estimate of drug-likeness (QED) is 0.622. The van der Waals surface area contributed by atoms with Crippen molar-refractivity contribution in [2.45, 2.75) is 17.7 Å². The second-order valence-corrected chi connectivity index (χ2v) is 4.34. The molecule has 1 rings (SSSR count). The van der Waals surface area contributed by atoms with E-state index in [4.69, 9.17) is 11.6 Å². The monoisotopic (exact) mass is 264 g/mol. The van der Waals surface area contributed by atoms with Gasteiger partial charge < -0.3 is 0 Å². The molecule has 1 aromatic rings. The molecule has 0 heterocycles. The Morgan fingerprint density at radius 3 is 2.83 bits per heavy atom. The number of benzene rings is 1. The molecule has 0 aliphatic heterocycles. The van der Waals surface area contributed by atoms with Crippen LogP contribution in [0.3, 0.4) is 0 Å². The first-order chi connectivity index (χ1) is 5.74. The van der Waals surface area contributed by atoms with Gasteiger partial charge in [-0.15, -0.1) is 24.2 Å². The summed E-state index contributed by atoms with van der Waals surface area (Å²) in [7, 11) is 0. The molecule has 0 spiro atoms. The Morgan fingerprint density at radius 1 is 1.42 bits per heavy atom. The standard InChI is InChI=1S/C9H10BrClS/c10-8-3-4-9(12)7(6-8)2-1-5-11/h3-4,6,12H,1-2,5H2. The van der Waals surface area contributed by atoms with Crippen LogP contribution in [0.1, 0.15) is 12.0 Å². The Balaban J connectivity index is 2.75. The average Bonchev–Trinajstić information content (AvgIpc) is 2.07. The predicted molar refractivity (Wildman–Crippen MR) is 60.4 cm³/mol. The van der Waals surface area contributed by atoms with Crippen LogP contribution < -0.4 is 0 Å². The molecule has 0 saturated carbocycles. The van der Waals surface area contributed by atoms with Crippen molar-refractivity contribution in [2.24, 2.45) is 0 Å². The van der Waals surface area contributed by atoms with Crippen molar-refractivity contribution in [3.8, 4) is 0 Å². The number of hydrogen-bond donors (Lipinski definition) is 1. The van der Waals surface area contributed by atoms with E-state index < -0.39 is 0 Å². The zero-order valence-corrected chi connectivity index (χ0v) is 9.79. The minimum atomic E-state index is 0.708. The minimum absolute atomic E-state index is 0.708. The van der Waals surface area contributed by atoms with Crippen molar-refractivity contribution >= 4 is 40.2 Å². The lowest BCUT2D eigenvalue weighted by Crippen LogP contribution is -1.88. The first-order valence-corrected chi connectivity index (χ1v) is 5.55. The number of alkyl halides is 1. The summed E-state index contributed by atoms with van der Waals surface area (Å²) in [6.07, 6.45) is 2.01. The van der Waals surface area contributed by atoms with E-state index in [0.29, 0.717) is 5.88 Å². The van der Waals surface area contributed by atoms with Crippen LogP contribution in [0.2, 0.25) is 0 Å². The summed E-state index contributed by atoms with van der Waals surface area (Å²) in [5.41, 5.74) is 1.26. The van der Waals surface area contributed by atoms with Crippen LogP contribution in [0.5, 0.6) is 0 Å². The van der Waals surface area contributed by atoms with Gasteiger partial charge in [0.05, 0.1) is 0 Å². The molecule has 0 aliphatic carbocycles. The molecule has 0 saturated heterocycles. The first kappa shape index (κ1) is 10.4. The Kier molecular flexibility index (Phi) is 4.47. The lowest BCUT2D eigenvalue weighted by molar-refractivity contribution is 0.907. The lowest BCUT2D eigenvalue weighted by Gasteiger charge is -2.03. The molecule has 0 amide bonds. The normalized spacial score (nSPS) is 10.2. The van der Waals surface area contributed by atoms with Gasteiger partial charge in [-0.1, -0.05) is 15.9 Å². The summed E-state index contributed by atoms with van der Waals surface area (Å²) in [5.74, 6) is 0.708. The predicted octanol–water partition coefficient (Wildman–Crippen LogP) is 3.91. The molecule has 66 valence electrons. The second kappa shape index (κ2) is 5.15. The number of aryl methyl sites for hydroxylation is 1. The van der Waals surface area contributed by atoms with Gasteiger partial charge in [-0.2, -0.15) is 0 Å². The zero-order chi connectivity index (χ0) is 8.97. The third-order valence-corrected chi connectivity index (χ3v) is 2.82. The van der Waals surface area contributed by atoms with E-state index in [2.05, 4.69) is 34.6 Å². The molecule has 3 heteroatoms. The molecule has 0 radical (unpaired) electrons. The molecule has 0 atom stereocenters. The molecular weight excluding hydrogens is 256 g/mol. The Labute approximate surface area is 91.9 Å². The largest absolute Gasteiger partial charge is 0.143 e. The van der Waals surface area contributed by atoms with Crippen molar-refractivity contribution in [1.29, 1.82) is 0 Å². The number of rotatable bonds is 3. The van der Waals surface area contributed by atoms with Crippen LogP contribution in [0, 0.1) is 0 Å². The van der Waals surface area contributed by atoms with Crippen molar-refractivity contribution in [1.82, 2.24) is 0 Å². The fraction of sp³-hybridized carbons (Fsp3) is 0.333. The molecule has 0 nitrogen and oxygen atoms in total. The Hall–Kier alpha value is 0.340. The highest BCUT2D eigenvalue weighted by molar-refractivity contribution is 9.10. The summed E-state index contributed by atoms with van der Waals surface area (Å²) in [6, 6.07) is 6.08. The van der Waals surface area contributed by atoms with Gasteiger partial charge in [-0.05, 0) is 36.6 Å². The van der Waals surface area contributed by atoms with Crippen LogP contribution in [0.25, 0.3) is 0 Å². The summed E-state index contributed by atoms with van der Waals surface area (Å²) >= 11 is 13.4. The zero-order valence-electron chi connectivity index (χ0n) is 6.56. The van der Waals surface area contributed by atoms with Gasteiger partial charge in [0.1, 0.15) is 0 Å². The minimum Gasteiger partial charge on any atom is -0.143 e. The van der Waals surface area contributed by atoms with Gasteiger partial charge in [-0.25, -0.2) is 0 Å². The van der Waals surface area contributed by atoms with E-state index >= 15 is 0 Å². The van der Waals surface area contributed by atoms with Gasteiger partial charge >= 0.3 is 0 Å². The third-order valence-electron chi connectivity index (χ3n) is 1.62. The number of hydrogen-bond acceptors (Lipinski definition) is 1. The summed E-state index contributed by atoms with van der Waals surface area (Å²) in [6.45, 7) is 0. The summed E-state index contributed by atoms with van der Waals surface area (Å²) in [4.78, 5) is 1.04. The van der Waals surface area contributed by atoms with Gasteiger partial charge in [0, 0.05) is 15.2 Å². The van der Waals surface area contributed by atoms with Crippen molar-refractivity contribution in [3.05, 3.63) is 28.2 Å². The number of halogens is 2. The topological polar surface area (TPSA) is 0 Å². The number of thiol groups is 1. The highest BCUT2D eigenvalue weighted by Gasteiger charge is 1.98. The Bertz CT molecular complexity index is 263. The van der Waals surface area contributed by atoms with Crippen LogP contribution in [0.4, 0.5) is 0 Å². The van der Waals surface area contributed by atoms with Crippen LogP contribution in [-0.2, 0) is 6.42 Å². The van der Waals surface area contributed by atoms with Crippen molar-refractivity contribution < 1.29 is 0 Å². The van der Waals surface area contributed by atoms with Crippen molar-refractivity contribution in [3.63, 3.8) is 0 Å². The molecule has 1 aromatic carbocycles. The van der Waals surface area contributed by atoms with Crippen LogP contribution >= 0.6 is 40.2 Å². The maximum atomic E-state index is 5.61. The lowest BCUT2D eigenvalue weighted by atomic mass is 10.1. The van der Waals surface area contributed by atoms with Gasteiger partial charge in [0.25, 0.3) is 0 Å². The second-order valence-electron chi connectivity index (χ2n) is 2.57. The van der Waals surface area contributed by atoms with Crippen LogP contribution in [0.15, 0.2) is 27.6 Å². The smallest absolute Gasteiger partial charge is 0.0226 e. The maximum Gasteiger partial charge on any atom is 0.0226 e. The molecule has 12 heavy (non-hydrogen) atoms. The molecule has 0 unspecified atom stereocenters. The Morgan fingerprint density at radius 2 is 2.17 bits per heavy atom. The fourth-order valence-electron chi connectivity index (χ4n) is 1.01. The van der Waals surface area contributed by atoms with E-state index in [1.807, 2.05) is 12.1 Å². The molecule has 0 aliphatic rings. The van der Waals surface area contributed by atoms with Crippen LogP contribution in [-0.4, -0.2) is 5.88 Å². The average molecular weight is 266 g/mol. The highest BCUT2D eigenvalue weighted by Crippen LogP contribution is 2.20. The molecule has 0 fully saturated rings. The summed E-state index contributed by atoms with van der Waals surface area (Å²) < 4.78 is 1.10. The van der Waals surface area contributed by atoms with Gasteiger partial charge in [-0.3, -0.25) is 0 Å². The van der Waals surface area contributed by atoms with Gasteiger partial charge in [0.15, 0.2) is 0 Å². The molecular formula is C9H10BrClS. The summed E-state index contributed by atoms with van der Waals surface area (Å²) in [5, 5.41) is 0. The maximum absolute atomic E-state index is 5.61. The molecule has 0 aromatic heterocycles. The third kappa shape index (κ3) is 3.00. The van der Waals surface area contributed by atoms with E-state index in [0.717, 1.165) is 22.2 Å². The highest BCUT2D eigenvalue weighted by atomic mass is 79.9. The first-order valence-electron chi connectivity index (χ1n) is 3.77. The van der Waals surface area contributed by atoms with E-state index in [1.54, 1.807) is 0 Å². The van der Waals surface area contributed by atoms with Gasteiger partial charge in [0.2, 0.25) is 0 Å². The molecule has 0 N–H and O–H groups in total. The van der Waals surface area contributed by atoms with Crippen molar-refractivity contribution in [2.75, 3.05) is 5.88 Å². The fourth-order valence-corrected chi connectivity index (χ4v) is 1.80. The van der Waals surface area contributed by atoms with E-state index in [-0.39, 0.29) is 0 Å². The molecule has 0 bridgehead atoms. The van der Waals surface area contributed by atoms with E-state index in [1.165, 1.54) is 5.56 Å².